The zero-order valence-corrected chi connectivity index (χ0v) is 9.21. The summed E-state index contributed by atoms with van der Waals surface area (Å²) in [7, 11) is 1.72. The Morgan fingerprint density at radius 2 is 2.31 bits per heavy atom. The van der Waals surface area contributed by atoms with E-state index < -0.39 is 12.1 Å². The second kappa shape index (κ2) is 4.80. The lowest BCUT2D eigenvalue weighted by molar-refractivity contribution is 0.0698. The summed E-state index contributed by atoms with van der Waals surface area (Å²) in [6.07, 6.45) is 0.787. The van der Waals surface area contributed by atoms with Gasteiger partial charge in [-0.15, -0.1) is 0 Å². The average molecular weight is 225 g/mol. The topological polar surface area (TPSA) is 99.7 Å². The Hall–Kier alpha value is -1.82. The van der Waals surface area contributed by atoms with Crippen molar-refractivity contribution in [2.45, 2.75) is 13.0 Å². The van der Waals surface area contributed by atoms with Gasteiger partial charge in [-0.2, -0.15) is 0 Å². The molecule has 0 aromatic carbocycles. The number of aromatic nitrogens is 1. The van der Waals surface area contributed by atoms with Crippen LogP contribution in [0, 0.1) is 0 Å². The molecule has 0 aliphatic rings. The molecular formula is C10H15N3O3. The van der Waals surface area contributed by atoms with Crippen LogP contribution in [-0.4, -0.2) is 40.9 Å². The average Bonchev–Trinajstić information content (AvgIpc) is 2.16. The van der Waals surface area contributed by atoms with E-state index in [1.807, 2.05) is 0 Å². The van der Waals surface area contributed by atoms with Gasteiger partial charge in [-0.3, -0.25) is 0 Å². The Morgan fingerprint density at radius 1 is 1.69 bits per heavy atom. The Balaban J connectivity index is 2.98. The van der Waals surface area contributed by atoms with Crippen LogP contribution in [0.4, 0.5) is 11.5 Å². The van der Waals surface area contributed by atoms with E-state index in [0.29, 0.717) is 12.4 Å². The Kier molecular flexibility index (Phi) is 3.68. The number of carbonyl (C=O) groups is 1. The third-order valence-corrected chi connectivity index (χ3v) is 2.08. The van der Waals surface area contributed by atoms with Crippen LogP contribution in [0.2, 0.25) is 0 Å². The van der Waals surface area contributed by atoms with Crippen molar-refractivity contribution >= 4 is 17.5 Å². The van der Waals surface area contributed by atoms with Crippen LogP contribution in [0.25, 0.3) is 0 Å². The number of rotatable bonds is 4. The number of nitrogens with two attached hydrogens (primary N) is 1. The van der Waals surface area contributed by atoms with Crippen molar-refractivity contribution in [3.05, 3.63) is 17.8 Å². The summed E-state index contributed by atoms with van der Waals surface area (Å²) in [6.45, 7) is 2.02. The van der Waals surface area contributed by atoms with Gasteiger partial charge in [-0.1, -0.05) is 0 Å². The third kappa shape index (κ3) is 2.83. The summed E-state index contributed by atoms with van der Waals surface area (Å²) in [5, 5.41) is 18.1. The molecule has 6 nitrogen and oxygen atoms in total. The summed E-state index contributed by atoms with van der Waals surface area (Å²) in [5.74, 6) is -0.626. The maximum Gasteiger partial charge on any atom is 0.337 e. The van der Waals surface area contributed by atoms with Crippen LogP contribution in [0.3, 0.4) is 0 Å². The Morgan fingerprint density at radius 3 is 2.81 bits per heavy atom. The molecule has 0 bridgehead atoms. The lowest BCUT2D eigenvalue weighted by Gasteiger charge is -2.20. The largest absolute Gasteiger partial charge is 0.478 e. The van der Waals surface area contributed by atoms with E-state index in [0.717, 1.165) is 0 Å². The number of aliphatic hydroxyl groups excluding tert-OH is 1. The van der Waals surface area contributed by atoms with Crippen LogP contribution >= 0.6 is 0 Å². The highest BCUT2D eigenvalue weighted by Gasteiger charge is 2.12. The fourth-order valence-electron chi connectivity index (χ4n) is 1.34. The first-order chi connectivity index (χ1) is 7.41. The summed E-state index contributed by atoms with van der Waals surface area (Å²) < 4.78 is 0. The van der Waals surface area contributed by atoms with Gasteiger partial charge in [0, 0.05) is 13.6 Å². The molecule has 88 valence electrons. The van der Waals surface area contributed by atoms with E-state index >= 15 is 0 Å². The molecule has 1 atom stereocenters. The quantitative estimate of drug-likeness (QED) is 0.676. The smallest absolute Gasteiger partial charge is 0.337 e. The highest BCUT2D eigenvalue weighted by atomic mass is 16.4. The molecule has 0 radical (unpaired) electrons. The molecule has 1 heterocycles. The van der Waals surface area contributed by atoms with E-state index in [2.05, 4.69) is 4.98 Å². The number of aliphatic hydroxyl groups is 1. The van der Waals surface area contributed by atoms with E-state index in [1.165, 1.54) is 12.3 Å². The molecule has 0 aliphatic carbocycles. The number of aromatic carboxylic acids is 1. The third-order valence-electron chi connectivity index (χ3n) is 2.08. The zero-order chi connectivity index (χ0) is 12.3. The fourth-order valence-corrected chi connectivity index (χ4v) is 1.34. The van der Waals surface area contributed by atoms with Crippen LogP contribution in [0.15, 0.2) is 12.3 Å². The van der Waals surface area contributed by atoms with Gasteiger partial charge in [-0.05, 0) is 13.0 Å². The van der Waals surface area contributed by atoms with Crippen LogP contribution in [0.1, 0.15) is 17.3 Å². The van der Waals surface area contributed by atoms with Crippen LogP contribution in [0.5, 0.6) is 0 Å². The lowest BCUT2D eigenvalue weighted by atomic mass is 10.2. The van der Waals surface area contributed by atoms with Gasteiger partial charge in [-0.25, -0.2) is 9.78 Å². The van der Waals surface area contributed by atoms with Crippen molar-refractivity contribution in [1.29, 1.82) is 0 Å². The molecule has 0 saturated carbocycles. The standard InChI is InChI=1S/C10H15N3O3/c1-6(14)5-13(2)9-3-7(10(15)16)8(11)4-12-9/h3-4,6,14H,5,11H2,1-2H3,(H,15,16). The molecule has 1 unspecified atom stereocenters. The van der Waals surface area contributed by atoms with Crippen molar-refractivity contribution in [2.24, 2.45) is 0 Å². The molecule has 0 amide bonds. The number of anilines is 2. The number of nitrogens with zero attached hydrogens (tertiary/aromatic N) is 2. The van der Waals surface area contributed by atoms with Gasteiger partial charge in [0.2, 0.25) is 0 Å². The monoisotopic (exact) mass is 225 g/mol. The number of hydrogen-bond donors (Lipinski definition) is 3. The normalized spacial score (nSPS) is 12.2. The van der Waals surface area contributed by atoms with Gasteiger partial charge < -0.3 is 20.8 Å². The molecular weight excluding hydrogens is 210 g/mol. The highest BCUT2D eigenvalue weighted by Crippen LogP contribution is 2.17. The number of likely N-dealkylation sites (N-methyl/N-ethyl adjacent to an activating group) is 1. The van der Waals surface area contributed by atoms with E-state index in [9.17, 15) is 9.90 Å². The van der Waals surface area contributed by atoms with Crippen molar-refractivity contribution in [3.8, 4) is 0 Å². The molecule has 6 heteroatoms. The number of pyridine rings is 1. The van der Waals surface area contributed by atoms with Crippen molar-refractivity contribution < 1.29 is 15.0 Å². The summed E-state index contributed by atoms with van der Waals surface area (Å²) in [5.41, 5.74) is 5.62. The number of carboxylic acids is 1. The van der Waals surface area contributed by atoms with Gasteiger partial charge in [0.05, 0.1) is 23.6 Å². The van der Waals surface area contributed by atoms with Crippen molar-refractivity contribution in [3.63, 3.8) is 0 Å². The maximum atomic E-state index is 10.8. The molecule has 1 aromatic heterocycles. The molecule has 1 aromatic rings. The number of nitrogen functional groups attached to an aromatic ring is 1. The van der Waals surface area contributed by atoms with Gasteiger partial charge in [0.1, 0.15) is 5.82 Å². The summed E-state index contributed by atoms with van der Waals surface area (Å²) in [4.78, 5) is 16.5. The lowest BCUT2D eigenvalue weighted by Crippen LogP contribution is -2.27. The molecule has 4 N–H and O–H groups in total. The summed E-state index contributed by atoms with van der Waals surface area (Å²) >= 11 is 0. The van der Waals surface area contributed by atoms with E-state index in [-0.39, 0.29) is 11.3 Å². The molecule has 0 saturated heterocycles. The first kappa shape index (κ1) is 12.3. The van der Waals surface area contributed by atoms with Gasteiger partial charge in [0.25, 0.3) is 0 Å². The highest BCUT2D eigenvalue weighted by molar-refractivity contribution is 5.94. The fraction of sp³-hybridized carbons (Fsp3) is 0.400. The first-order valence-corrected chi connectivity index (χ1v) is 4.80. The van der Waals surface area contributed by atoms with E-state index in [1.54, 1.807) is 18.9 Å². The maximum absolute atomic E-state index is 10.8. The summed E-state index contributed by atoms with van der Waals surface area (Å²) in [6, 6.07) is 1.39. The number of carboxylic acid groups (broad SMARTS) is 1. The van der Waals surface area contributed by atoms with Crippen LogP contribution in [-0.2, 0) is 0 Å². The van der Waals surface area contributed by atoms with Gasteiger partial charge >= 0.3 is 5.97 Å². The van der Waals surface area contributed by atoms with Crippen LogP contribution < -0.4 is 10.6 Å². The number of hydrogen-bond acceptors (Lipinski definition) is 5. The van der Waals surface area contributed by atoms with E-state index in [4.69, 9.17) is 10.8 Å². The first-order valence-electron chi connectivity index (χ1n) is 4.80. The minimum Gasteiger partial charge on any atom is -0.478 e. The zero-order valence-electron chi connectivity index (χ0n) is 9.21. The second-order valence-corrected chi connectivity index (χ2v) is 3.66. The second-order valence-electron chi connectivity index (χ2n) is 3.66. The SMILES string of the molecule is CC(O)CN(C)c1cc(C(=O)O)c(N)cn1. The van der Waals surface area contributed by atoms with Gasteiger partial charge in [0.15, 0.2) is 0 Å². The predicted molar refractivity (Wildman–Crippen MR) is 60.6 cm³/mol. The molecule has 0 aliphatic heterocycles. The predicted octanol–water partition coefficient (Wildman–Crippen LogP) is 0.179. The van der Waals surface area contributed by atoms with Crippen molar-refractivity contribution in [2.75, 3.05) is 24.2 Å². The molecule has 16 heavy (non-hydrogen) atoms. The Bertz CT molecular complexity index is 393. The molecule has 0 spiro atoms. The molecule has 0 fully saturated rings. The minimum absolute atomic E-state index is 0.0162. The van der Waals surface area contributed by atoms with Crippen molar-refractivity contribution in [1.82, 2.24) is 4.98 Å². The molecule has 1 rings (SSSR count). The minimum atomic E-state index is -1.09. The Labute approximate surface area is 93.3 Å².